The summed E-state index contributed by atoms with van der Waals surface area (Å²) < 4.78 is 7.31. The third-order valence-electron chi connectivity index (χ3n) is 7.36. The van der Waals surface area contributed by atoms with E-state index < -0.39 is 0 Å². The first-order chi connectivity index (χ1) is 17.9. The number of nitrogens with zero attached hydrogens (tertiary/aromatic N) is 2. The first-order valence-electron chi connectivity index (χ1n) is 12.3. The normalized spacial score (nSPS) is 18.7. The number of Topliss-reactive ketones (excluding diaryl/α,β-unsaturated/α-hetero) is 1. The lowest BCUT2D eigenvalue weighted by molar-refractivity contribution is -0.116. The number of rotatable bonds is 4. The molecule has 3 aromatic carbocycles. The average molecular weight is 494 g/mol. The SMILES string of the molecule is COc1cc([C@H]2C3=C(C[C@H](c4ccc(O)cc4)CC3=O)Nc3c2c(C)nn3-c2ccccc2)ccc1O. The summed E-state index contributed by atoms with van der Waals surface area (Å²) >= 11 is 0. The quantitative estimate of drug-likeness (QED) is 0.345. The van der Waals surface area contributed by atoms with Crippen LogP contribution in [0.25, 0.3) is 5.69 Å². The van der Waals surface area contributed by atoms with Gasteiger partial charge in [-0.1, -0.05) is 36.4 Å². The molecule has 0 saturated carbocycles. The molecule has 6 rings (SSSR count). The smallest absolute Gasteiger partial charge is 0.162 e. The van der Waals surface area contributed by atoms with Crippen molar-refractivity contribution in [2.75, 3.05) is 12.4 Å². The number of aryl methyl sites for hydroxylation is 1. The molecule has 0 unspecified atom stereocenters. The number of hydrogen-bond acceptors (Lipinski definition) is 6. The molecule has 7 heteroatoms. The summed E-state index contributed by atoms with van der Waals surface area (Å²) in [6, 6.07) is 22.3. The third-order valence-corrected chi connectivity index (χ3v) is 7.36. The number of carbonyl (C=O) groups is 1. The van der Waals surface area contributed by atoms with Crippen LogP contribution < -0.4 is 10.1 Å². The molecule has 7 nitrogen and oxygen atoms in total. The van der Waals surface area contributed by atoms with Crippen LogP contribution in [0.1, 0.15) is 47.1 Å². The van der Waals surface area contributed by atoms with Crippen LogP contribution in [0.4, 0.5) is 5.82 Å². The minimum atomic E-state index is -0.355. The van der Waals surface area contributed by atoms with Gasteiger partial charge >= 0.3 is 0 Å². The Hall–Kier alpha value is -4.52. The first-order valence-corrected chi connectivity index (χ1v) is 12.3. The van der Waals surface area contributed by atoms with Crippen molar-refractivity contribution in [2.24, 2.45) is 0 Å². The molecule has 2 aliphatic rings. The maximum absolute atomic E-state index is 13.8. The number of anilines is 1. The number of hydrogen-bond donors (Lipinski definition) is 3. The second-order valence-corrected chi connectivity index (χ2v) is 9.60. The summed E-state index contributed by atoms with van der Waals surface area (Å²) in [5, 5.41) is 28.5. The molecule has 37 heavy (non-hydrogen) atoms. The van der Waals surface area contributed by atoms with E-state index in [1.165, 1.54) is 7.11 Å². The molecule has 2 atom stereocenters. The molecule has 0 fully saturated rings. The monoisotopic (exact) mass is 493 g/mol. The zero-order chi connectivity index (χ0) is 25.7. The number of methoxy groups -OCH3 is 1. The molecule has 0 amide bonds. The van der Waals surface area contributed by atoms with Crippen LogP contribution in [0.15, 0.2) is 84.1 Å². The number of para-hydroxylation sites is 1. The lowest BCUT2D eigenvalue weighted by Gasteiger charge is -2.36. The van der Waals surface area contributed by atoms with E-state index in [0.717, 1.165) is 45.2 Å². The van der Waals surface area contributed by atoms with Crippen LogP contribution in [-0.4, -0.2) is 32.9 Å². The lowest BCUT2D eigenvalue weighted by atomic mass is 9.72. The zero-order valence-electron chi connectivity index (χ0n) is 20.6. The summed E-state index contributed by atoms with van der Waals surface area (Å²) in [5.74, 6) is 1.15. The first kappa shape index (κ1) is 22.9. The van der Waals surface area contributed by atoms with E-state index in [1.807, 2.05) is 60.1 Å². The van der Waals surface area contributed by atoms with Crippen LogP contribution in [0.2, 0.25) is 0 Å². The van der Waals surface area contributed by atoms with Crippen molar-refractivity contribution in [3.8, 4) is 22.9 Å². The molecular weight excluding hydrogens is 466 g/mol. The maximum Gasteiger partial charge on any atom is 0.162 e. The number of phenolic OH excluding ortho intramolecular Hbond substituents is 2. The van der Waals surface area contributed by atoms with E-state index in [0.29, 0.717) is 18.6 Å². The predicted octanol–water partition coefficient (Wildman–Crippen LogP) is 5.56. The highest BCUT2D eigenvalue weighted by molar-refractivity contribution is 6.02. The number of ether oxygens (including phenoxy) is 1. The van der Waals surface area contributed by atoms with Crippen molar-refractivity contribution in [2.45, 2.75) is 31.6 Å². The molecule has 0 bridgehead atoms. The molecule has 1 aromatic heterocycles. The number of fused-ring (bicyclic) bond motifs is 1. The van der Waals surface area contributed by atoms with Crippen LogP contribution in [0, 0.1) is 6.92 Å². The van der Waals surface area contributed by atoms with Gasteiger partial charge in [0.15, 0.2) is 17.3 Å². The van der Waals surface area contributed by atoms with Gasteiger partial charge in [-0.05, 0) is 66.8 Å². The van der Waals surface area contributed by atoms with Gasteiger partial charge in [0.25, 0.3) is 0 Å². The highest BCUT2D eigenvalue weighted by Gasteiger charge is 2.41. The number of ketones is 1. The van der Waals surface area contributed by atoms with Gasteiger partial charge in [-0.15, -0.1) is 0 Å². The molecule has 0 radical (unpaired) electrons. The van der Waals surface area contributed by atoms with E-state index in [1.54, 1.807) is 24.3 Å². The van der Waals surface area contributed by atoms with Crippen LogP contribution >= 0.6 is 0 Å². The number of benzene rings is 3. The van der Waals surface area contributed by atoms with Crippen LogP contribution in [-0.2, 0) is 4.79 Å². The Morgan fingerprint density at radius 2 is 1.70 bits per heavy atom. The Kier molecular flexibility index (Phi) is 5.48. The molecule has 4 aromatic rings. The lowest BCUT2D eigenvalue weighted by Crippen LogP contribution is -2.30. The second kappa shape index (κ2) is 8.85. The molecule has 0 spiro atoms. The number of nitrogens with one attached hydrogen (secondary N) is 1. The Labute approximate surface area is 214 Å². The average Bonchev–Trinajstić information content (AvgIpc) is 3.24. The summed E-state index contributed by atoms with van der Waals surface area (Å²) in [6.45, 7) is 1.96. The summed E-state index contributed by atoms with van der Waals surface area (Å²) in [6.07, 6.45) is 1.02. The van der Waals surface area contributed by atoms with Crippen molar-refractivity contribution in [3.63, 3.8) is 0 Å². The molecule has 186 valence electrons. The topological polar surface area (TPSA) is 96.6 Å². The Bertz CT molecular complexity index is 1540. The molecule has 2 heterocycles. The fraction of sp³-hybridized carbons (Fsp3) is 0.200. The molecule has 1 aliphatic heterocycles. The number of aromatic hydroxyl groups is 2. The van der Waals surface area contributed by atoms with Gasteiger partial charge in [0.2, 0.25) is 0 Å². The number of phenols is 2. The van der Waals surface area contributed by atoms with E-state index in [9.17, 15) is 15.0 Å². The van der Waals surface area contributed by atoms with Gasteiger partial charge in [-0.3, -0.25) is 4.79 Å². The van der Waals surface area contributed by atoms with E-state index >= 15 is 0 Å². The fourth-order valence-corrected chi connectivity index (χ4v) is 5.62. The van der Waals surface area contributed by atoms with Crippen molar-refractivity contribution < 1.29 is 19.7 Å². The highest BCUT2D eigenvalue weighted by Crippen LogP contribution is 2.50. The van der Waals surface area contributed by atoms with Gasteiger partial charge in [-0.2, -0.15) is 5.10 Å². The second-order valence-electron chi connectivity index (χ2n) is 9.60. The van der Waals surface area contributed by atoms with Crippen molar-refractivity contribution >= 4 is 11.6 Å². The van der Waals surface area contributed by atoms with Crippen LogP contribution in [0.5, 0.6) is 17.2 Å². The molecule has 0 saturated heterocycles. The van der Waals surface area contributed by atoms with Gasteiger partial charge in [0.1, 0.15) is 11.6 Å². The Morgan fingerprint density at radius 3 is 2.43 bits per heavy atom. The standard InChI is InChI=1S/C30H27N3O4/c1-17-27-28(19-10-13-24(35)26(16-19)37-2)29-23(31-30(27)33(32-17)21-6-4-3-5-7-21)14-20(15-25(29)36)18-8-11-22(34)12-9-18/h3-13,16,20,28,31,34-35H,14-15H2,1-2H3/t20-,28+/m0/s1. The summed E-state index contributed by atoms with van der Waals surface area (Å²) in [4.78, 5) is 13.8. The molecule has 3 N–H and O–H groups in total. The van der Waals surface area contributed by atoms with Gasteiger partial charge < -0.3 is 20.3 Å². The van der Waals surface area contributed by atoms with E-state index in [2.05, 4.69) is 5.32 Å². The predicted molar refractivity (Wildman–Crippen MR) is 141 cm³/mol. The number of aromatic nitrogens is 2. The summed E-state index contributed by atoms with van der Waals surface area (Å²) in [7, 11) is 1.52. The third kappa shape index (κ3) is 3.83. The largest absolute Gasteiger partial charge is 0.508 e. The zero-order valence-corrected chi connectivity index (χ0v) is 20.6. The Balaban J connectivity index is 1.53. The fourth-order valence-electron chi connectivity index (χ4n) is 5.62. The number of allylic oxidation sites excluding steroid dienone is 2. The molecular formula is C30H27N3O4. The van der Waals surface area contributed by atoms with Crippen molar-refractivity contribution in [1.82, 2.24) is 9.78 Å². The highest BCUT2D eigenvalue weighted by atomic mass is 16.5. The van der Waals surface area contributed by atoms with Crippen molar-refractivity contribution in [1.29, 1.82) is 0 Å². The van der Waals surface area contributed by atoms with Gasteiger partial charge in [0, 0.05) is 29.2 Å². The maximum atomic E-state index is 13.8. The summed E-state index contributed by atoms with van der Waals surface area (Å²) in [5.41, 5.74) is 6.15. The Morgan fingerprint density at radius 1 is 0.973 bits per heavy atom. The number of carbonyl (C=O) groups excluding carboxylic acids is 1. The minimum Gasteiger partial charge on any atom is -0.508 e. The minimum absolute atomic E-state index is 0.00917. The van der Waals surface area contributed by atoms with Gasteiger partial charge in [0.05, 0.1) is 18.5 Å². The van der Waals surface area contributed by atoms with Gasteiger partial charge in [-0.25, -0.2) is 4.68 Å². The van der Waals surface area contributed by atoms with Crippen LogP contribution in [0.3, 0.4) is 0 Å². The van der Waals surface area contributed by atoms with E-state index in [-0.39, 0.29) is 29.1 Å². The molecule has 1 aliphatic carbocycles. The van der Waals surface area contributed by atoms with Crippen molar-refractivity contribution in [3.05, 3.63) is 106 Å². The van der Waals surface area contributed by atoms with E-state index in [4.69, 9.17) is 9.84 Å².